The van der Waals surface area contributed by atoms with E-state index in [4.69, 9.17) is 5.26 Å². The highest BCUT2D eigenvalue weighted by atomic mass is 17.1. The van der Waals surface area contributed by atoms with Crippen molar-refractivity contribution in [3.63, 3.8) is 0 Å². The second-order valence-electron chi connectivity index (χ2n) is 2.34. The zero-order valence-electron chi connectivity index (χ0n) is 5.63. The Kier molecular flexibility index (Phi) is 4.26. The predicted octanol–water partition coefficient (Wildman–Crippen LogP) is 1.00. The summed E-state index contributed by atoms with van der Waals surface area (Å²) in [6.07, 6.45) is 1.30. The van der Waals surface area contributed by atoms with Crippen LogP contribution in [0.4, 0.5) is 0 Å². The molecule has 0 rings (SSSR count). The molecule has 9 heavy (non-hydrogen) atoms. The van der Waals surface area contributed by atoms with Crippen LogP contribution in [-0.4, -0.2) is 17.6 Å². The molecule has 1 radical (unpaired) electrons. The van der Waals surface area contributed by atoms with E-state index in [-0.39, 0.29) is 0 Å². The van der Waals surface area contributed by atoms with Crippen molar-refractivity contribution >= 4 is 6.29 Å². The molecule has 3 heteroatoms. The Bertz CT molecular complexity index is 80.4. The van der Waals surface area contributed by atoms with Crippen LogP contribution in [-0.2, 0) is 9.68 Å². The average Bonchev–Trinajstić information content (AvgIpc) is 1.82. The predicted molar refractivity (Wildman–Crippen MR) is 32.7 cm³/mol. The maximum absolute atomic E-state index is 9.86. The van der Waals surface area contributed by atoms with Crippen molar-refractivity contribution in [2.45, 2.75) is 26.4 Å². The molecule has 1 N–H and O–H groups in total. The molecular weight excluding hydrogens is 120 g/mol. The summed E-state index contributed by atoms with van der Waals surface area (Å²) < 4.78 is 0. The third-order valence-corrected chi connectivity index (χ3v) is 0.944. The number of rotatable bonds is 4. The molecule has 53 valence electrons. The molecule has 0 aromatic carbocycles. The maximum atomic E-state index is 9.86. The van der Waals surface area contributed by atoms with E-state index < -0.39 is 6.10 Å². The minimum Gasteiger partial charge on any atom is -0.288 e. The van der Waals surface area contributed by atoms with E-state index in [0.717, 1.165) is 0 Å². The van der Waals surface area contributed by atoms with Crippen molar-refractivity contribution in [3.05, 3.63) is 0 Å². The molecule has 3 nitrogen and oxygen atoms in total. The van der Waals surface area contributed by atoms with Crippen LogP contribution in [0.25, 0.3) is 0 Å². The largest absolute Gasteiger partial charge is 0.288 e. The quantitative estimate of drug-likeness (QED) is 0.457. The first-order chi connectivity index (χ1) is 4.20. The third-order valence-electron chi connectivity index (χ3n) is 0.944. The highest BCUT2D eigenvalue weighted by Crippen LogP contribution is 2.04. The lowest BCUT2D eigenvalue weighted by Crippen LogP contribution is -2.14. The van der Waals surface area contributed by atoms with Gasteiger partial charge in [-0.25, -0.2) is 4.89 Å². The molecule has 0 aliphatic rings. The van der Waals surface area contributed by atoms with Crippen LogP contribution in [0.2, 0.25) is 0 Å². The molecule has 1 unspecified atom stereocenters. The summed E-state index contributed by atoms with van der Waals surface area (Å²) in [5.74, 6) is 0.337. The van der Waals surface area contributed by atoms with E-state index in [1.807, 2.05) is 13.8 Å². The number of hydrogen-bond donors (Lipinski definition) is 1. The molecule has 0 saturated carbocycles. The molecule has 0 aliphatic heterocycles. The SMILES string of the molecule is CC(C)CC([C]=O)OO. The Morgan fingerprint density at radius 1 is 1.67 bits per heavy atom. The Hall–Kier alpha value is -0.410. The zero-order chi connectivity index (χ0) is 7.28. The van der Waals surface area contributed by atoms with Crippen molar-refractivity contribution in [3.8, 4) is 0 Å². The van der Waals surface area contributed by atoms with Gasteiger partial charge in [-0.15, -0.1) is 0 Å². The molecule has 0 fully saturated rings. The minimum atomic E-state index is -0.773. The normalized spacial score (nSPS) is 13.8. The molecule has 0 amide bonds. The first-order valence-corrected chi connectivity index (χ1v) is 2.88. The molecule has 0 saturated heterocycles. The van der Waals surface area contributed by atoms with Gasteiger partial charge in [0.2, 0.25) is 6.29 Å². The van der Waals surface area contributed by atoms with E-state index >= 15 is 0 Å². The fourth-order valence-corrected chi connectivity index (χ4v) is 0.541. The van der Waals surface area contributed by atoms with Gasteiger partial charge < -0.3 is 0 Å². The van der Waals surface area contributed by atoms with E-state index in [0.29, 0.717) is 12.3 Å². The van der Waals surface area contributed by atoms with Gasteiger partial charge >= 0.3 is 0 Å². The Labute approximate surface area is 54.6 Å². The highest BCUT2D eigenvalue weighted by Gasteiger charge is 2.09. The van der Waals surface area contributed by atoms with Gasteiger partial charge in [0.25, 0.3) is 0 Å². The lowest BCUT2D eigenvalue weighted by atomic mass is 10.1. The first-order valence-electron chi connectivity index (χ1n) is 2.88. The summed E-state index contributed by atoms with van der Waals surface area (Å²) in [6.45, 7) is 3.87. The molecule has 1 atom stereocenters. The minimum absolute atomic E-state index is 0.337. The van der Waals surface area contributed by atoms with Gasteiger partial charge in [-0.2, -0.15) is 0 Å². The first kappa shape index (κ1) is 8.59. The van der Waals surface area contributed by atoms with Gasteiger partial charge in [-0.3, -0.25) is 10.1 Å². The van der Waals surface area contributed by atoms with Crippen molar-refractivity contribution < 1.29 is 14.9 Å². The van der Waals surface area contributed by atoms with Gasteiger partial charge in [-0.05, 0) is 12.3 Å². The topological polar surface area (TPSA) is 46.5 Å². The van der Waals surface area contributed by atoms with Crippen molar-refractivity contribution in [2.24, 2.45) is 5.92 Å². The van der Waals surface area contributed by atoms with Crippen LogP contribution < -0.4 is 0 Å². The second kappa shape index (κ2) is 4.47. The van der Waals surface area contributed by atoms with E-state index in [9.17, 15) is 4.79 Å². The van der Waals surface area contributed by atoms with Crippen LogP contribution in [0.3, 0.4) is 0 Å². The van der Waals surface area contributed by atoms with Crippen molar-refractivity contribution in [1.82, 2.24) is 0 Å². The van der Waals surface area contributed by atoms with Gasteiger partial charge in [-0.1, -0.05) is 13.8 Å². The van der Waals surface area contributed by atoms with E-state index in [2.05, 4.69) is 4.89 Å². The monoisotopic (exact) mass is 131 g/mol. The third kappa shape index (κ3) is 4.12. The van der Waals surface area contributed by atoms with Gasteiger partial charge in [0, 0.05) is 0 Å². The number of hydrogen-bond acceptors (Lipinski definition) is 3. The van der Waals surface area contributed by atoms with Crippen molar-refractivity contribution in [1.29, 1.82) is 0 Å². The lowest BCUT2D eigenvalue weighted by Gasteiger charge is -2.06. The standard InChI is InChI=1S/C6H11O3/c1-5(2)3-6(4-7)9-8/h5-6,8H,3H2,1-2H3. The van der Waals surface area contributed by atoms with E-state index in [1.165, 1.54) is 0 Å². The van der Waals surface area contributed by atoms with Crippen molar-refractivity contribution in [2.75, 3.05) is 0 Å². The van der Waals surface area contributed by atoms with Gasteiger partial charge in [0.05, 0.1) is 0 Å². The zero-order valence-corrected chi connectivity index (χ0v) is 5.63. The van der Waals surface area contributed by atoms with E-state index in [1.54, 1.807) is 6.29 Å². The summed E-state index contributed by atoms with van der Waals surface area (Å²) in [5, 5.41) is 8.01. The summed E-state index contributed by atoms with van der Waals surface area (Å²) in [7, 11) is 0. The lowest BCUT2D eigenvalue weighted by molar-refractivity contribution is -0.262. The van der Waals surface area contributed by atoms with Crippen LogP contribution in [0, 0.1) is 5.92 Å². The molecule has 0 heterocycles. The van der Waals surface area contributed by atoms with Crippen LogP contribution in [0.5, 0.6) is 0 Å². The molecule has 0 aromatic heterocycles. The molecule has 0 aliphatic carbocycles. The smallest absolute Gasteiger partial charge is 0.233 e. The molecular formula is C6H11O3. The summed E-state index contributed by atoms with van der Waals surface area (Å²) in [4.78, 5) is 13.6. The van der Waals surface area contributed by atoms with Crippen LogP contribution >= 0.6 is 0 Å². The summed E-state index contributed by atoms with van der Waals surface area (Å²) in [6, 6.07) is 0. The molecule has 0 bridgehead atoms. The fraction of sp³-hybridized carbons (Fsp3) is 0.833. The summed E-state index contributed by atoms with van der Waals surface area (Å²) >= 11 is 0. The maximum Gasteiger partial charge on any atom is 0.233 e. The second-order valence-corrected chi connectivity index (χ2v) is 2.34. The number of carbonyl (C=O) groups excluding carboxylic acids is 1. The highest BCUT2D eigenvalue weighted by molar-refractivity contribution is 5.56. The van der Waals surface area contributed by atoms with Crippen LogP contribution in [0.1, 0.15) is 20.3 Å². The average molecular weight is 131 g/mol. The Balaban J connectivity index is 3.42. The molecule has 0 aromatic rings. The fourth-order valence-electron chi connectivity index (χ4n) is 0.541. The molecule has 0 spiro atoms. The van der Waals surface area contributed by atoms with Gasteiger partial charge in [0.1, 0.15) is 0 Å². The Morgan fingerprint density at radius 3 is 2.33 bits per heavy atom. The summed E-state index contributed by atoms with van der Waals surface area (Å²) in [5.41, 5.74) is 0. The van der Waals surface area contributed by atoms with Gasteiger partial charge in [0.15, 0.2) is 6.10 Å². The van der Waals surface area contributed by atoms with Crippen LogP contribution in [0.15, 0.2) is 0 Å². The Morgan fingerprint density at radius 2 is 2.22 bits per heavy atom.